The molecule has 24 heavy (non-hydrogen) atoms. The summed E-state index contributed by atoms with van der Waals surface area (Å²) in [6.45, 7) is 0.850. The third kappa shape index (κ3) is 2.41. The second-order valence-corrected chi connectivity index (χ2v) is 6.74. The highest BCUT2D eigenvalue weighted by molar-refractivity contribution is 6.00. The van der Waals surface area contributed by atoms with Crippen LogP contribution in [0.2, 0.25) is 0 Å². The Labute approximate surface area is 140 Å². The van der Waals surface area contributed by atoms with Crippen LogP contribution in [0.5, 0.6) is 11.5 Å². The topological polar surface area (TPSA) is 76.1 Å². The van der Waals surface area contributed by atoms with Crippen LogP contribution < -0.4 is 9.47 Å². The van der Waals surface area contributed by atoms with E-state index in [2.05, 4.69) is 0 Å². The lowest BCUT2D eigenvalue weighted by Gasteiger charge is -2.33. The minimum absolute atomic E-state index is 0.0210. The third-order valence-electron chi connectivity index (χ3n) is 5.40. The average molecular weight is 331 g/mol. The molecule has 128 valence electrons. The number of likely N-dealkylation sites (tertiary alicyclic amines) is 1. The van der Waals surface area contributed by atoms with Gasteiger partial charge in [-0.2, -0.15) is 0 Å². The van der Waals surface area contributed by atoms with Crippen LogP contribution >= 0.6 is 0 Å². The quantitative estimate of drug-likeness (QED) is 0.900. The first-order valence-corrected chi connectivity index (χ1v) is 8.61. The molecule has 0 bridgehead atoms. The van der Waals surface area contributed by atoms with Crippen LogP contribution in [0.1, 0.15) is 42.5 Å². The van der Waals surface area contributed by atoms with Crippen molar-refractivity contribution in [1.29, 1.82) is 0 Å². The lowest BCUT2D eigenvalue weighted by molar-refractivity contribution is -0.141. The molecule has 1 N–H and O–H groups in total. The lowest BCUT2D eigenvalue weighted by atomic mass is 9.84. The van der Waals surface area contributed by atoms with E-state index < -0.39 is 12.0 Å². The number of benzene rings is 1. The average Bonchev–Trinajstić information content (AvgIpc) is 3.00. The van der Waals surface area contributed by atoms with Gasteiger partial charge in [-0.3, -0.25) is 4.79 Å². The zero-order valence-corrected chi connectivity index (χ0v) is 13.4. The number of hydrogen-bond acceptors (Lipinski definition) is 4. The Morgan fingerprint density at radius 3 is 2.75 bits per heavy atom. The molecule has 0 unspecified atom stereocenters. The predicted molar refractivity (Wildman–Crippen MR) is 85.4 cm³/mol. The van der Waals surface area contributed by atoms with Gasteiger partial charge in [0.2, 0.25) is 0 Å². The van der Waals surface area contributed by atoms with Crippen LogP contribution in [0.25, 0.3) is 0 Å². The van der Waals surface area contributed by atoms with Crippen LogP contribution in [-0.4, -0.2) is 47.2 Å². The van der Waals surface area contributed by atoms with Crippen molar-refractivity contribution < 1.29 is 24.2 Å². The molecular weight excluding hydrogens is 310 g/mol. The maximum absolute atomic E-state index is 13.2. The first-order valence-electron chi connectivity index (χ1n) is 8.61. The molecule has 2 aliphatic heterocycles. The summed E-state index contributed by atoms with van der Waals surface area (Å²) in [5, 5.41) is 9.62. The largest absolute Gasteiger partial charge is 0.486 e. The summed E-state index contributed by atoms with van der Waals surface area (Å²) >= 11 is 0. The minimum atomic E-state index is -0.917. The van der Waals surface area contributed by atoms with E-state index in [1.807, 2.05) is 0 Å². The van der Waals surface area contributed by atoms with E-state index in [9.17, 15) is 14.7 Å². The molecule has 0 aromatic heterocycles. The van der Waals surface area contributed by atoms with E-state index in [1.165, 1.54) is 0 Å². The van der Waals surface area contributed by atoms with Crippen LogP contribution in [0.3, 0.4) is 0 Å². The highest BCUT2D eigenvalue weighted by atomic mass is 16.6. The van der Waals surface area contributed by atoms with E-state index in [1.54, 1.807) is 23.1 Å². The number of ether oxygens (including phenoxy) is 2. The van der Waals surface area contributed by atoms with Crippen molar-refractivity contribution in [3.05, 3.63) is 23.8 Å². The van der Waals surface area contributed by atoms with Gasteiger partial charge in [0.1, 0.15) is 19.3 Å². The summed E-state index contributed by atoms with van der Waals surface area (Å²) in [4.78, 5) is 26.5. The fourth-order valence-electron chi connectivity index (χ4n) is 4.35. The van der Waals surface area contributed by atoms with Gasteiger partial charge in [-0.15, -0.1) is 0 Å². The normalized spacial score (nSPS) is 28.3. The molecule has 1 amide bonds. The Hall–Kier alpha value is -2.24. The molecule has 0 spiro atoms. The molecule has 1 saturated carbocycles. The molecule has 3 aliphatic rings. The number of rotatable bonds is 2. The molecule has 1 saturated heterocycles. The highest BCUT2D eigenvalue weighted by Crippen LogP contribution is 2.42. The van der Waals surface area contributed by atoms with E-state index in [0.29, 0.717) is 42.6 Å². The number of amides is 1. The Morgan fingerprint density at radius 2 is 1.92 bits per heavy atom. The number of nitrogens with zero attached hydrogens (tertiary/aromatic N) is 1. The summed E-state index contributed by atoms with van der Waals surface area (Å²) in [6.07, 6.45) is 4.60. The monoisotopic (exact) mass is 331 g/mol. The van der Waals surface area contributed by atoms with Gasteiger partial charge >= 0.3 is 5.97 Å². The molecule has 6 heteroatoms. The van der Waals surface area contributed by atoms with Crippen molar-refractivity contribution in [2.75, 3.05) is 13.2 Å². The second kappa shape index (κ2) is 6.00. The molecule has 3 atom stereocenters. The van der Waals surface area contributed by atoms with Crippen LogP contribution in [0, 0.1) is 5.92 Å². The van der Waals surface area contributed by atoms with Crippen LogP contribution in [-0.2, 0) is 4.79 Å². The van der Waals surface area contributed by atoms with E-state index >= 15 is 0 Å². The molecule has 0 radical (unpaired) electrons. The predicted octanol–water partition coefficient (Wildman–Crippen LogP) is 2.32. The Kier molecular flexibility index (Phi) is 3.82. The number of carbonyl (C=O) groups is 2. The maximum Gasteiger partial charge on any atom is 0.326 e. The molecule has 4 rings (SSSR count). The van der Waals surface area contributed by atoms with Crippen LogP contribution in [0.4, 0.5) is 0 Å². The van der Waals surface area contributed by atoms with Crippen molar-refractivity contribution in [2.45, 2.75) is 44.2 Å². The van der Waals surface area contributed by atoms with Gasteiger partial charge in [0.15, 0.2) is 11.5 Å². The van der Waals surface area contributed by atoms with Gasteiger partial charge in [-0.05, 0) is 37.3 Å². The number of carbonyl (C=O) groups excluding carboxylic acids is 1. The molecule has 2 fully saturated rings. The number of carboxylic acids is 1. The number of para-hydroxylation sites is 1. The van der Waals surface area contributed by atoms with E-state index in [4.69, 9.17) is 9.47 Å². The third-order valence-corrected chi connectivity index (χ3v) is 5.40. The van der Waals surface area contributed by atoms with Crippen molar-refractivity contribution in [3.63, 3.8) is 0 Å². The molecule has 1 aromatic rings. The van der Waals surface area contributed by atoms with Crippen molar-refractivity contribution in [2.24, 2.45) is 5.92 Å². The summed E-state index contributed by atoms with van der Waals surface area (Å²) in [5.41, 5.74) is 0.407. The van der Waals surface area contributed by atoms with Gasteiger partial charge < -0.3 is 19.5 Å². The first kappa shape index (κ1) is 15.3. The van der Waals surface area contributed by atoms with Crippen molar-refractivity contribution in [1.82, 2.24) is 4.90 Å². The van der Waals surface area contributed by atoms with Gasteiger partial charge in [0.25, 0.3) is 5.91 Å². The number of hydrogen-bond donors (Lipinski definition) is 1. The van der Waals surface area contributed by atoms with Crippen molar-refractivity contribution in [3.8, 4) is 11.5 Å². The van der Waals surface area contributed by atoms with Gasteiger partial charge in [0, 0.05) is 6.04 Å². The Balaban J connectivity index is 1.71. The standard InChI is InChI=1S/C18H21NO5/c20-17(12-5-3-7-15-16(12)24-9-8-23-15)19-13-6-2-1-4-11(13)10-14(19)18(21)22/h3,5,7,11,13-14H,1-2,4,6,8-10H2,(H,21,22)/t11-,13-,14+/m1/s1. The van der Waals surface area contributed by atoms with Gasteiger partial charge in [-0.1, -0.05) is 18.9 Å². The second-order valence-electron chi connectivity index (χ2n) is 6.74. The number of aliphatic carboxylic acids is 1. The molecular formula is C18H21NO5. The summed E-state index contributed by atoms with van der Waals surface area (Å²) in [7, 11) is 0. The lowest BCUT2D eigenvalue weighted by Crippen LogP contribution is -2.46. The SMILES string of the molecule is O=C(O)[C@@H]1C[C@H]2CCCC[C@H]2N1C(=O)c1cccc2c1OCCO2. The molecule has 6 nitrogen and oxygen atoms in total. The zero-order chi connectivity index (χ0) is 16.7. The smallest absolute Gasteiger partial charge is 0.326 e. The zero-order valence-electron chi connectivity index (χ0n) is 13.4. The summed E-state index contributed by atoms with van der Waals surface area (Å²) in [6, 6.07) is 4.50. The Morgan fingerprint density at radius 1 is 1.12 bits per heavy atom. The first-order chi connectivity index (χ1) is 11.7. The molecule has 1 aromatic carbocycles. The fraction of sp³-hybridized carbons (Fsp3) is 0.556. The minimum Gasteiger partial charge on any atom is -0.486 e. The number of fused-ring (bicyclic) bond motifs is 2. The van der Waals surface area contributed by atoms with E-state index in [0.717, 1.165) is 25.7 Å². The van der Waals surface area contributed by atoms with Gasteiger partial charge in [-0.25, -0.2) is 4.79 Å². The van der Waals surface area contributed by atoms with Crippen LogP contribution in [0.15, 0.2) is 18.2 Å². The van der Waals surface area contributed by atoms with Crippen molar-refractivity contribution >= 4 is 11.9 Å². The van der Waals surface area contributed by atoms with E-state index in [-0.39, 0.29) is 11.9 Å². The molecule has 2 heterocycles. The molecule has 1 aliphatic carbocycles. The summed E-state index contributed by atoms with van der Waals surface area (Å²) < 4.78 is 11.2. The van der Waals surface area contributed by atoms with Gasteiger partial charge in [0.05, 0.1) is 5.56 Å². The highest BCUT2D eigenvalue weighted by Gasteiger charge is 2.48. The number of carboxylic acid groups (broad SMARTS) is 1. The maximum atomic E-state index is 13.2. The summed E-state index contributed by atoms with van der Waals surface area (Å²) in [5.74, 6) is 0.120. The Bertz CT molecular complexity index is 673. The fourth-order valence-corrected chi connectivity index (χ4v) is 4.35.